The average molecular weight is 394 g/mol. The summed E-state index contributed by atoms with van der Waals surface area (Å²) in [5.41, 5.74) is 2.97. The molecule has 5 heteroatoms. The van der Waals surface area contributed by atoms with Crippen LogP contribution in [0.25, 0.3) is 0 Å². The van der Waals surface area contributed by atoms with E-state index in [1.54, 1.807) is 6.92 Å². The van der Waals surface area contributed by atoms with Crippen LogP contribution >= 0.6 is 0 Å². The number of carbonyl (C=O) groups is 2. The van der Waals surface area contributed by atoms with Gasteiger partial charge in [0.2, 0.25) is 5.91 Å². The number of rotatable bonds is 4. The number of nitrogens with one attached hydrogen (secondary N) is 1. The first-order valence-electron chi connectivity index (χ1n) is 10.3. The van der Waals surface area contributed by atoms with E-state index >= 15 is 0 Å². The second kappa shape index (κ2) is 8.68. The Labute approximate surface area is 173 Å². The Morgan fingerprint density at radius 3 is 2.03 bits per heavy atom. The standard InChI is InChI=1S/C24H31N3O2/c1-18(25-22(28)19-10-12-20(13-11-19)24(2,3)4)23(29)27-16-14-26(15-17-27)21-8-6-5-7-9-21/h5-13,18H,14-17H2,1-4H3,(H,25,28). The predicted octanol–water partition coefficient (Wildman–Crippen LogP) is 3.45. The molecular formula is C24H31N3O2. The van der Waals surface area contributed by atoms with Crippen molar-refractivity contribution >= 4 is 17.5 Å². The quantitative estimate of drug-likeness (QED) is 0.866. The van der Waals surface area contributed by atoms with E-state index in [2.05, 4.69) is 43.1 Å². The van der Waals surface area contributed by atoms with E-state index in [-0.39, 0.29) is 17.2 Å². The molecule has 0 bridgehead atoms. The van der Waals surface area contributed by atoms with Crippen molar-refractivity contribution in [1.82, 2.24) is 10.2 Å². The van der Waals surface area contributed by atoms with Crippen molar-refractivity contribution in [2.45, 2.75) is 39.2 Å². The molecule has 0 radical (unpaired) electrons. The highest BCUT2D eigenvalue weighted by Crippen LogP contribution is 2.22. The second-order valence-electron chi connectivity index (χ2n) is 8.67. The number of amides is 2. The third-order valence-electron chi connectivity index (χ3n) is 5.44. The number of nitrogens with zero attached hydrogens (tertiary/aromatic N) is 2. The molecule has 154 valence electrons. The number of anilines is 1. The minimum atomic E-state index is -0.548. The van der Waals surface area contributed by atoms with E-state index in [0.717, 1.165) is 13.1 Å². The van der Waals surface area contributed by atoms with Gasteiger partial charge in [-0.05, 0) is 42.2 Å². The van der Waals surface area contributed by atoms with Crippen LogP contribution in [0.2, 0.25) is 0 Å². The molecule has 1 heterocycles. The van der Waals surface area contributed by atoms with E-state index in [1.807, 2.05) is 47.4 Å². The molecule has 0 aromatic heterocycles. The zero-order chi connectivity index (χ0) is 21.0. The van der Waals surface area contributed by atoms with Crippen LogP contribution in [0.5, 0.6) is 0 Å². The maximum absolute atomic E-state index is 12.8. The van der Waals surface area contributed by atoms with Crippen LogP contribution in [-0.4, -0.2) is 48.9 Å². The first-order valence-corrected chi connectivity index (χ1v) is 10.3. The Kier molecular flexibility index (Phi) is 6.26. The van der Waals surface area contributed by atoms with Crippen molar-refractivity contribution in [1.29, 1.82) is 0 Å². The molecule has 0 spiro atoms. The maximum atomic E-state index is 12.8. The van der Waals surface area contributed by atoms with Gasteiger partial charge in [0.25, 0.3) is 5.91 Å². The monoisotopic (exact) mass is 393 g/mol. The Morgan fingerprint density at radius 2 is 1.48 bits per heavy atom. The molecule has 1 N–H and O–H groups in total. The largest absolute Gasteiger partial charge is 0.368 e. The van der Waals surface area contributed by atoms with E-state index in [1.165, 1.54) is 11.3 Å². The lowest BCUT2D eigenvalue weighted by atomic mass is 9.86. The molecule has 0 saturated carbocycles. The fraction of sp³-hybridized carbons (Fsp3) is 0.417. The molecule has 2 amide bonds. The molecule has 1 unspecified atom stereocenters. The zero-order valence-electron chi connectivity index (χ0n) is 17.8. The van der Waals surface area contributed by atoms with Crippen LogP contribution in [-0.2, 0) is 10.2 Å². The lowest BCUT2D eigenvalue weighted by molar-refractivity contribution is -0.133. The van der Waals surface area contributed by atoms with Crippen LogP contribution in [0.1, 0.15) is 43.6 Å². The first kappa shape index (κ1) is 20.9. The molecule has 0 aliphatic carbocycles. The lowest BCUT2D eigenvalue weighted by Crippen LogP contribution is -2.54. The van der Waals surface area contributed by atoms with Crippen molar-refractivity contribution < 1.29 is 9.59 Å². The normalized spacial score (nSPS) is 15.7. The van der Waals surface area contributed by atoms with E-state index in [0.29, 0.717) is 18.7 Å². The summed E-state index contributed by atoms with van der Waals surface area (Å²) in [5, 5.41) is 2.85. The van der Waals surface area contributed by atoms with Gasteiger partial charge in [-0.3, -0.25) is 9.59 Å². The van der Waals surface area contributed by atoms with Gasteiger partial charge < -0.3 is 15.1 Å². The molecule has 1 fully saturated rings. The molecule has 1 saturated heterocycles. The molecular weight excluding hydrogens is 362 g/mol. The minimum Gasteiger partial charge on any atom is -0.368 e. The summed E-state index contributed by atoms with van der Waals surface area (Å²) in [4.78, 5) is 29.5. The van der Waals surface area contributed by atoms with Gasteiger partial charge in [-0.2, -0.15) is 0 Å². The Hall–Kier alpha value is -2.82. The molecule has 1 atom stereocenters. The van der Waals surface area contributed by atoms with Gasteiger partial charge in [0, 0.05) is 37.4 Å². The second-order valence-corrected chi connectivity index (χ2v) is 8.67. The molecule has 5 nitrogen and oxygen atoms in total. The topological polar surface area (TPSA) is 52.7 Å². The van der Waals surface area contributed by atoms with Gasteiger partial charge in [-0.15, -0.1) is 0 Å². The lowest BCUT2D eigenvalue weighted by Gasteiger charge is -2.37. The van der Waals surface area contributed by atoms with Gasteiger partial charge >= 0.3 is 0 Å². The number of benzene rings is 2. The summed E-state index contributed by atoms with van der Waals surface area (Å²) in [6.45, 7) is 11.1. The molecule has 3 rings (SSSR count). The molecule has 2 aromatic carbocycles. The minimum absolute atomic E-state index is 0.0302. The third kappa shape index (κ3) is 5.17. The van der Waals surface area contributed by atoms with Crippen LogP contribution in [0.3, 0.4) is 0 Å². The van der Waals surface area contributed by atoms with Crippen molar-refractivity contribution in [2.24, 2.45) is 0 Å². The zero-order valence-corrected chi connectivity index (χ0v) is 17.8. The highest BCUT2D eigenvalue weighted by molar-refractivity contribution is 5.97. The highest BCUT2D eigenvalue weighted by Gasteiger charge is 2.26. The van der Waals surface area contributed by atoms with Crippen LogP contribution in [0, 0.1) is 0 Å². The fourth-order valence-corrected chi connectivity index (χ4v) is 3.56. The average Bonchev–Trinajstić information content (AvgIpc) is 2.73. The molecule has 2 aromatic rings. The number of hydrogen-bond donors (Lipinski definition) is 1. The van der Waals surface area contributed by atoms with Crippen molar-refractivity contribution in [3.05, 3.63) is 65.7 Å². The van der Waals surface area contributed by atoms with E-state index in [4.69, 9.17) is 0 Å². The summed E-state index contributed by atoms with van der Waals surface area (Å²) in [6, 6.07) is 17.3. The Balaban J connectivity index is 1.53. The summed E-state index contributed by atoms with van der Waals surface area (Å²) in [5.74, 6) is -0.244. The van der Waals surface area contributed by atoms with Crippen molar-refractivity contribution in [3.63, 3.8) is 0 Å². The summed E-state index contributed by atoms with van der Waals surface area (Å²) >= 11 is 0. The first-order chi connectivity index (χ1) is 13.8. The smallest absolute Gasteiger partial charge is 0.251 e. The van der Waals surface area contributed by atoms with E-state index < -0.39 is 6.04 Å². The number of hydrogen-bond acceptors (Lipinski definition) is 3. The number of piperazine rings is 1. The molecule has 1 aliphatic rings. The Morgan fingerprint density at radius 1 is 0.897 bits per heavy atom. The van der Waals surface area contributed by atoms with Crippen molar-refractivity contribution in [2.75, 3.05) is 31.1 Å². The maximum Gasteiger partial charge on any atom is 0.251 e. The fourth-order valence-electron chi connectivity index (χ4n) is 3.56. The van der Waals surface area contributed by atoms with Gasteiger partial charge in [-0.1, -0.05) is 51.1 Å². The predicted molar refractivity (Wildman–Crippen MR) is 117 cm³/mol. The summed E-state index contributed by atoms with van der Waals surface area (Å²) in [6.07, 6.45) is 0. The molecule has 29 heavy (non-hydrogen) atoms. The van der Waals surface area contributed by atoms with Crippen LogP contribution in [0.4, 0.5) is 5.69 Å². The van der Waals surface area contributed by atoms with Gasteiger partial charge in [0.15, 0.2) is 0 Å². The SMILES string of the molecule is CC(NC(=O)c1ccc(C(C)(C)C)cc1)C(=O)N1CCN(c2ccccc2)CC1. The summed E-state index contributed by atoms with van der Waals surface area (Å²) in [7, 11) is 0. The van der Waals surface area contributed by atoms with Gasteiger partial charge in [0.05, 0.1) is 0 Å². The van der Waals surface area contributed by atoms with Crippen molar-refractivity contribution in [3.8, 4) is 0 Å². The van der Waals surface area contributed by atoms with Crippen LogP contribution in [0.15, 0.2) is 54.6 Å². The van der Waals surface area contributed by atoms with Crippen LogP contribution < -0.4 is 10.2 Å². The number of carbonyl (C=O) groups excluding carboxylic acids is 2. The molecule has 1 aliphatic heterocycles. The van der Waals surface area contributed by atoms with E-state index in [9.17, 15) is 9.59 Å². The highest BCUT2D eigenvalue weighted by atomic mass is 16.2. The third-order valence-corrected chi connectivity index (χ3v) is 5.44. The summed E-state index contributed by atoms with van der Waals surface area (Å²) < 4.78 is 0. The van der Waals surface area contributed by atoms with Gasteiger partial charge in [-0.25, -0.2) is 0 Å². The van der Waals surface area contributed by atoms with Gasteiger partial charge in [0.1, 0.15) is 6.04 Å². The Bertz CT molecular complexity index is 833. The number of para-hydroxylation sites is 1.